The lowest BCUT2D eigenvalue weighted by Gasteiger charge is -2.28. The van der Waals surface area contributed by atoms with Gasteiger partial charge in [0, 0.05) is 54.3 Å². The van der Waals surface area contributed by atoms with Crippen LogP contribution in [0.4, 0.5) is 17.1 Å². The predicted molar refractivity (Wildman–Crippen MR) is 250 cm³/mol. The van der Waals surface area contributed by atoms with Gasteiger partial charge in [-0.05, 0) is 121 Å². The maximum atomic E-state index is 6.41. The van der Waals surface area contributed by atoms with E-state index in [4.69, 9.17) is 4.42 Å². The second kappa shape index (κ2) is 12.4. The molecule has 10 aromatic rings. The summed E-state index contributed by atoms with van der Waals surface area (Å²) >= 11 is 1.93. The van der Waals surface area contributed by atoms with Gasteiger partial charge in [0.1, 0.15) is 11.2 Å². The molecule has 2 aliphatic carbocycles. The number of nitrogens with zero attached hydrogens (tertiary/aromatic N) is 1. The molecule has 0 atom stereocenters. The highest BCUT2D eigenvalue weighted by Gasteiger charge is 2.39. The predicted octanol–water partition coefficient (Wildman–Crippen LogP) is 16.2. The Balaban J connectivity index is 0.896. The van der Waals surface area contributed by atoms with E-state index in [0.717, 1.165) is 39.0 Å². The van der Waals surface area contributed by atoms with Gasteiger partial charge in [0.2, 0.25) is 0 Å². The van der Waals surface area contributed by atoms with Crippen LogP contribution in [0.5, 0.6) is 0 Å². The van der Waals surface area contributed by atoms with Gasteiger partial charge in [-0.15, -0.1) is 11.3 Å². The molecular weight excluding hydrogens is 735 g/mol. The molecule has 59 heavy (non-hydrogen) atoms. The minimum Gasteiger partial charge on any atom is -0.456 e. The molecule has 2 aromatic heterocycles. The van der Waals surface area contributed by atoms with E-state index < -0.39 is 0 Å². The monoisotopic (exact) mass is 775 g/mol. The van der Waals surface area contributed by atoms with Gasteiger partial charge in [-0.25, -0.2) is 0 Å². The van der Waals surface area contributed by atoms with Gasteiger partial charge in [0.05, 0.1) is 0 Å². The normalized spacial score (nSPS) is 14.4. The van der Waals surface area contributed by atoms with E-state index >= 15 is 0 Å². The summed E-state index contributed by atoms with van der Waals surface area (Å²) in [6.07, 6.45) is 0. The standard InChI is InChI=1S/C56H41NOS/c1-55(2)47-14-8-5-11-41(47)42-29-26-39(32-49(42)55)57(40-27-30-44-43-12-6-9-15-50(43)58-51(44)33-40)38-24-21-35(22-25-38)34-17-19-36(20-18-34)37-23-28-45-48(31-37)56(3,4)53-46-13-7-10-16-52(46)59-54(45)53/h5-33H,1-4H3. The van der Waals surface area contributed by atoms with Crippen LogP contribution < -0.4 is 4.90 Å². The van der Waals surface area contributed by atoms with Crippen molar-refractivity contribution in [3.05, 3.63) is 198 Å². The van der Waals surface area contributed by atoms with E-state index in [9.17, 15) is 0 Å². The number of benzene rings is 8. The SMILES string of the molecule is CC1(C)c2ccccc2-c2ccc(N(c3ccc(-c4ccc(-c5ccc6c(c5)C(C)(C)c5c-6sc6ccccc56)cc4)cc3)c3ccc4c(c3)oc3ccccc34)cc21. The lowest BCUT2D eigenvalue weighted by molar-refractivity contribution is 0.660. The van der Waals surface area contributed by atoms with Crippen molar-refractivity contribution in [2.75, 3.05) is 4.90 Å². The van der Waals surface area contributed by atoms with Crippen LogP contribution in [0.3, 0.4) is 0 Å². The van der Waals surface area contributed by atoms with Gasteiger partial charge in [0.25, 0.3) is 0 Å². The van der Waals surface area contributed by atoms with E-state index in [2.05, 4.69) is 196 Å². The third-order valence-electron chi connectivity index (χ3n) is 13.3. The molecule has 0 unspecified atom stereocenters. The number of anilines is 3. The zero-order chi connectivity index (χ0) is 39.6. The van der Waals surface area contributed by atoms with E-state index in [1.54, 1.807) is 0 Å². The lowest BCUT2D eigenvalue weighted by atomic mass is 9.80. The summed E-state index contributed by atoms with van der Waals surface area (Å²) < 4.78 is 7.79. The zero-order valence-corrected chi connectivity index (χ0v) is 34.3. The molecule has 0 saturated heterocycles. The average Bonchev–Trinajstić information content (AvgIpc) is 3.97. The lowest BCUT2D eigenvalue weighted by Crippen LogP contribution is -2.16. The number of hydrogen-bond donors (Lipinski definition) is 0. The number of para-hydroxylation sites is 1. The van der Waals surface area contributed by atoms with Crippen LogP contribution in [0.15, 0.2) is 180 Å². The molecule has 2 nitrogen and oxygen atoms in total. The third kappa shape index (κ3) is 5.04. The van der Waals surface area contributed by atoms with Gasteiger partial charge in [0.15, 0.2) is 0 Å². The summed E-state index contributed by atoms with van der Waals surface area (Å²) in [7, 11) is 0. The Morgan fingerprint density at radius 1 is 0.407 bits per heavy atom. The Labute approximate surface area is 348 Å². The summed E-state index contributed by atoms with van der Waals surface area (Å²) in [5.74, 6) is 0. The van der Waals surface area contributed by atoms with Crippen molar-refractivity contribution in [2.45, 2.75) is 38.5 Å². The van der Waals surface area contributed by atoms with Gasteiger partial charge in [-0.1, -0.05) is 143 Å². The molecule has 0 amide bonds. The van der Waals surface area contributed by atoms with Crippen LogP contribution in [0, 0.1) is 0 Å². The number of rotatable bonds is 5. The van der Waals surface area contributed by atoms with Crippen molar-refractivity contribution in [3.8, 4) is 43.8 Å². The maximum absolute atomic E-state index is 6.41. The first kappa shape index (κ1) is 34.4. The van der Waals surface area contributed by atoms with E-state index in [-0.39, 0.29) is 10.8 Å². The highest BCUT2D eigenvalue weighted by molar-refractivity contribution is 7.22. The minimum absolute atomic E-state index is 0.0470. The molecule has 0 fully saturated rings. The summed E-state index contributed by atoms with van der Waals surface area (Å²) in [6, 6.07) is 64.8. The smallest absolute Gasteiger partial charge is 0.137 e. The molecule has 2 heterocycles. The molecular formula is C56H41NOS. The van der Waals surface area contributed by atoms with E-state index in [1.807, 2.05) is 23.5 Å². The van der Waals surface area contributed by atoms with Crippen molar-refractivity contribution in [3.63, 3.8) is 0 Å². The van der Waals surface area contributed by atoms with Crippen LogP contribution in [0.25, 0.3) is 75.8 Å². The second-order valence-corrected chi connectivity index (χ2v) is 18.4. The first-order valence-corrected chi connectivity index (χ1v) is 21.4. The van der Waals surface area contributed by atoms with Crippen molar-refractivity contribution >= 4 is 60.4 Å². The topological polar surface area (TPSA) is 16.4 Å². The molecule has 0 radical (unpaired) electrons. The zero-order valence-electron chi connectivity index (χ0n) is 33.5. The second-order valence-electron chi connectivity index (χ2n) is 17.3. The highest BCUT2D eigenvalue weighted by atomic mass is 32.1. The van der Waals surface area contributed by atoms with Crippen molar-refractivity contribution in [2.24, 2.45) is 0 Å². The fourth-order valence-corrected chi connectivity index (χ4v) is 11.6. The Morgan fingerprint density at radius 2 is 0.966 bits per heavy atom. The van der Waals surface area contributed by atoms with Gasteiger partial charge in [-0.3, -0.25) is 0 Å². The van der Waals surface area contributed by atoms with E-state index in [1.165, 1.54) is 76.2 Å². The average molecular weight is 776 g/mol. The Bertz CT molecular complexity index is 3320. The Morgan fingerprint density at radius 3 is 1.78 bits per heavy atom. The van der Waals surface area contributed by atoms with Crippen LogP contribution in [-0.4, -0.2) is 0 Å². The number of hydrogen-bond acceptors (Lipinski definition) is 3. The molecule has 0 spiro atoms. The summed E-state index contributed by atoms with van der Waals surface area (Å²) in [5, 5.41) is 3.66. The van der Waals surface area contributed by atoms with Crippen LogP contribution in [-0.2, 0) is 10.8 Å². The quantitative estimate of drug-likeness (QED) is 0.173. The molecule has 8 aromatic carbocycles. The third-order valence-corrected chi connectivity index (χ3v) is 14.5. The van der Waals surface area contributed by atoms with Crippen LogP contribution >= 0.6 is 11.3 Å². The summed E-state index contributed by atoms with van der Waals surface area (Å²) in [4.78, 5) is 3.80. The van der Waals surface area contributed by atoms with E-state index in [0.29, 0.717) is 0 Å². The number of furan rings is 1. The summed E-state index contributed by atoms with van der Waals surface area (Å²) in [5.41, 5.74) is 19.4. The van der Waals surface area contributed by atoms with Gasteiger partial charge < -0.3 is 9.32 Å². The fraction of sp³-hybridized carbons (Fsp3) is 0.107. The molecule has 0 N–H and O–H groups in total. The van der Waals surface area contributed by atoms with Gasteiger partial charge >= 0.3 is 0 Å². The van der Waals surface area contributed by atoms with Crippen molar-refractivity contribution < 1.29 is 4.42 Å². The molecule has 0 bridgehead atoms. The number of thiophene rings is 1. The minimum atomic E-state index is -0.107. The highest BCUT2D eigenvalue weighted by Crippen LogP contribution is 2.56. The Hall–Kier alpha value is -6.68. The van der Waals surface area contributed by atoms with Gasteiger partial charge in [-0.2, -0.15) is 0 Å². The largest absolute Gasteiger partial charge is 0.456 e. The molecule has 0 aliphatic heterocycles. The van der Waals surface area contributed by atoms with Crippen molar-refractivity contribution in [1.82, 2.24) is 0 Å². The molecule has 3 heteroatoms. The first-order valence-electron chi connectivity index (χ1n) is 20.6. The molecule has 282 valence electrons. The molecule has 12 rings (SSSR count). The van der Waals surface area contributed by atoms with Crippen LogP contribution in [0.1, 0.15) is 49.9 Å². The van der Waals surface area contributed by atoms with Crippen LogP contribution in [0.2, 0.25) is 0 Å². The summed E-state index contributed by atoms with van der Waals surface area (Å²) in [6.45, 7) is 9.46. The number of fused-ring (bicyclic) bond motifs is 11. The maximum Gasteiger partial charge on any atom is 0.137 e. The van der Waals surface area contributed by atoms with Crippen molar-refractivity contribution in [1.29, 1.82) is 0 Å². The molecule has 2 aliphatic rings. The Kier molecular flexibility index (Phi) is 7.23. The fourth-order valence-electron chi connectivity index (χ4n) is 10.2. The first-order chi connectivity index (χ1) is 28.7. The molecule has 0 saturated carbocycles.